The topological polar surface area (TPSA) is 80.3 Å². The third-order valence-electron chi connectivity index (χ3n) is 4.51. The summed E-state index contributed by atoms with van der Waals surface area (Å²) in [4.78, 5) is 0. The zero-order chi connectivity index (χ0) is 18.5. The van der Waals surface area contributed by atoms with Crippen LogP contribution >= 0.6 is 15.9 Å². The average Bonchev–Trinajstić information content (AvgIpc) is 2.93. The third kappa shape index (κ3) is 4.56. The van der Waals surface area contributed by atoms with Gasteiger partial charge in [-0.3, -0.25) is 0 Å². The van der Waals surface area contributed by atoms with Crippen molar-refractivity contribution in [3.8, 4) is 0 Å². The van der Waals surface area contributed by atoms with Crippen LogP contribution in [0, 0.1) is 0 Å². The number of alkyl halides is 1. The van der Waals surface area contributed by atoms with Crippen LogP contribution in [0.25, 0.3) is 0 Å². The van der Waals surface area contributed by atoms with Gasteiger partial charge in [-0.1, -0.05) is 15.9 Å². The first-order chi connectivity index (χ1) is 11.5. The number of unbranched alkanes of at least 4 members (excludes halogenated alkanes) is 1. The van der Waals surface area contributed by atoms with Gasteiger partial charge in [0.2, 0.25) is 0 Å². The number of fused-ring (bicyclic) bond motifs is 3. The largest absolute Gasteiger partial charge is 0.343 e. The Hall–Kier alpha value is 0.230. The molecule has 0 unspecified atom stereocenters. The molecule has 0 saturated carbocycles. The van der Waals surface area contributed by atoms with Crippen molar-refractivity contribution < 1.29 is 32.1 Å². The van der Waals surface area contributed by atoms with E-state index < -0.39 is 52.1 Å². The van der Waals surface area contributed by atoms with Gasteiger partial charge in [0.05, 0.1) is 11.5 Å². The highest BCUT2D eigenvalue weighted by Gasteiger charge is 2.61. The molecule has 0 aliphatic carbocycles. The molecule has 0 radical (unpaired) electrons. The number of sulfone groups is 1. The third-order valence-corrected chi connectivity index (χ3v) is 6.82. The summed E-state index contributed by atoms with van der Waals surface area (Å²) >= 11 is 3.32. The maximum atomic E-state index is 12.5. The molecule has 3 aliphatic heterocycles. The van der Waals surface area contributed by atoms with Gasteiger partial charge in [0, 0.05) is 5.33 Å². The zero-order valence-corrected chi connectivity index (χ0v) is 17.5. The quantitative estimate of drug-likeness (QED) is 0.459. The summed E-state index contributed by atoms with van der Waals surface area (Å²) in [5.74, 6) is -1.60. The first-order valence-electron chi connectivity index (χ1n) is 8.65. The average molecular weight is 443 g/mol. The molecule has 3 saturated heterocycles. The molecule has 0 N–H and O–H groups in total. The second-order valence-electron chi connectivity index (χ2n) is 7.72. The highest BCUT2D eigenvalue weighted by Crippen LogP contribution is 2.44. The van der Waals surface area contributed by atoms with E-state index in [4.69, 9.17) is 23.7 Å². The number of ether oxygens (including phenoxy) is 5. The smallest absolute Gasteiger partial charge is 0.190 e. The molecular formula is C16H27BrO7S. The molecule has 9 heteroatoms. The predicted octanol–water partition coefficient (Wildman–Crippen LogP) is 1.97. The number of rotatable bonds is 6. The minimum atomic E-state index is -3.26. The van der Waals surface area contributed by atoms with Crippen molar-refractivity contribution in [3.63, 3.8) is 0 Å². The van der Waals surface area contributed by atoms with Crippen LogP contribution in [0.4, 0.5) is 0 Å². The van der Waals surface area contributed by atoms with E-state index in [1.54, 1.807) is 13.8 Å². The van der Waals surface area contributed by atoms with E-state index >= 15 is 0 Å². The Balaban J connectivity index is 1.75. The lowest BCUT2D eigenvalue weighted by Crippen LogP contribution is -2.56. The van der Waals surface area contributed by atoms with E-state index in [0.29, 0.717) is 6.42 Å². The molecule has 0 aromatic rings. The lowest BCUT2D eigenvalue weighted by molar-refractivity contribution is -0.228. The van der Waals surface area contributed by atoms with Crippen LogP contribution in [0.1, 0.15) is 40.5 Å². The van der Waals surface area contributed by atoms with Crippen LogP contribution in [-0.4, -0.2) is 67.5 Å². The monoisotopic (exact) mass is 442 g/mol. The van der Waals surface area contributed by atoms with Crippen LogP contribution in [0.3, 0.4) is 0 Å². The van der Waals surface area contributed by atoms with Crippen molar-refractivity contribution in [2.24, 2.45) is 0 Å². The van der Waals surface area contributed by atoms with Crippen LogP contribution in [0.15, 0.2) is 0 Å². The van der Waals surface area contributed by atoms with Gasteiger partial charge >= 0.3 is 0 Å². The fourth-order valence-corrected chi connectivity index (χ4v) is 5.55. The number of hydrogen-bond donors (Lipinski definition) is 0. The molecule has 5 atom stereocenters. The summed E-state index contributed by atoms with van der Waals surface area (Å²) < 4.78 is 54.6. The number of hydrogen-bond acceptors (Lipinski definition) is 7. The molecule has 0 bridgehead atoms. The Bertz CT molecular complexity index is 591. The summed E-state index contributed by atoms with van der Waals surface area (Å²) in [7, 11) is -3.26. The summed E-state index contributed by atoms with van der Waals surface area (Å²) in [5, 5.41) is 0.794. The summed E-state index contributed by atoms with van der Waals surface area (Å²) in [6, 6.07) is 0. The molecule has 3 aliphatic rings. The Morgan fingerprint density at radius 3 is 2.16 bits per heavy atom. The Labute approximate surface area is 157 Å². The molecule has 0 aromatic heterocycles. The molecule has 7 nitrogen and oxygen atoms in total. The second-order valence-corrected chi connectivity index (χ2v) is 10.7. The number of halogens is 1. The molecule has 3 fully saturated rings. The lowest BCUT2D eigenvalue weighted by Gasteiger charge is -2.37. The maximum absolute atomic E-state index is 12.5. The van der Waals surface area contributed by atoms with Crippen molar-refractivity contribution in [1.82, 2.24) is 0 Å². The molecule has 3 rings (SSSR count). The fourth-order valence-electron chi connectivity index (χ4n) is 3.58. The molecule has 0 spiro atoms. The first-order valence-corrected chi connectivity index (χ1v) is 11.6. The molecule has 25 heavy (non-hydrogen) atoms. The van der Waals surface area contributed by atoms with Crippen LogP contribution in [0.5, 0.6) is 0 Å². The van der Waals surface area contributed by atoms with Gasteiger partial charge < -0.3 is 23.7 Å². The van der Waals surface area contributed by atoms with E-state index in [-0.39, 0.29) is 11.5 Å². The van der Waals surface area contributed by atoms with Crippen LogP contribution in [-0.2, 0) is 33.5 Å². The van der Waals surface area contributed by atoms with E-state index in [9.17, 15) is 8.42 Å². The Morgan fingerprint density at radius 1 is 0.880 bits per heavy atom. The van der Waals surface area contributed by atoms with Crippen molar-refractivity contribution in [3.05, 3.63) is 0 Å². The molecule has 3 heterocycles. The molecule has 0 amide bonds. The lowest BCUT2D eigenvalue weighted by atomic mass is 10.00. The highest BCUT2D eigenvalue weighted by atomic mass is 79.9. The fraction of sp³-hybridized carbons (Fsp3) is 1.00. The van der Waals surface area contributed by atoms with Gasteiger partial charge in [-0.15, -0.1) is 0 Å². The zero-order valence-electron chi connectivity index (χ0n) is 15.1. The summed E-state index contributed by atoms with van der Waals surface area (Å²) in [6.45, 7) is 7.22. The van der Waals surface area contributed by atoms with Crippen molar-refractivity contribution in [2.45, 2.75) is 82.8 Å². The van der Waals surface area contributed by atoms with Gasteiger partial charge in [-0.05, 0) is 40.5 Å². The van der Waals surface area contributed by atoms with Gasteiger partial charge in [-0.2, -0.15) is 0 Å². The van der Waals surface area contributed by atoms with Gasteiger partial charge in [0.25, 0.3) is 0 Å². The molecule has 146 valence electrons. The summed E-state index contributed by atoms with van der Waals surface area (Å²) in [6.07, 6.45) is -1.21. The van der Waals surface area contributed by atoms with E-state index in [1.807, 2.05) is 13.8 Å². The summed E-state index contributed by atoms with van der Waals surface area (Å²) in [5.41, 5.74) is 0. The second kappa shape index (κ2) is 7.00. The Kier molecular flexibility index (Phi) is 5.59. The van der Waals surface area contributed by atoms with Crippen molar-refractivity contribution in [1.29, 1.82) is 0 Å². The van der Waals surface area contributed by atoms with Gasteiger partial charge in [0.1, 0.15) is 24.4 Å². The van der Waals surface area contributed by atoms with Crippen LogP contribution in [0.2, 0.25) is 0 Å². The maximum Gasteiger partial charge on any atom is 0.190 e. The van der Waals surface area contributed by atoms with E-state index in [0.717, 1.165) is 11.8 Å². The SMILES string of the molecule is CC1(C)O[C@H]2[C@@H](O1)[C@@H](CS(=O)(=O)CCCCBr)O[C@@H]1OC(C)(C)O[C@@H]12. The van der Waals surface area contributed by atoms with Crippen molar-refractivity contribution >= 4 is 25.8 Å². The Morgan fingerprint density at radius 2 is 1.48 bits per heavy atom. The van der Waals surface area contributed by atoms with E-state index in [2.05, 4.69) is 15.9 Å². The molecule has 0 aromatic carbocycles. The first kappa shape index (κ1) is 20.0. The van der Waals surface area contributed by atoms with Gasteiger partial charge in [-0.25, -0.2) is 8.42 Å². The minimum absolute atomic E-state index is 0.108. The predicted molar refractivity (Wildman–Crippen MR) is 94.2 cm³/mol. The minimum Gasteiger partial charge on any atom is -0.343 e. The van der Waals surface area contributed by atoms with Crippen molar-refractivity contribution in [2.75, 3.05) is 16.8 Å². The van der Waals surface area contributed by atoms with Crippen LogP contribution < -0.4 is 0 Å². The van der Waals surface area contributed by atoms with E-state index in [1.165, 1.54) is 0 Å². The normalized spacial score (nSPS) is 39.2. The van der Waals surface area contributed by atoms with Gasteiger partial charge in [0.15, 0.2) is 27.7 Å². The highest BCUT2D eigenvalue weighted by molar-refractivity contribution is 9.09. The standard InChI is InChI=1S/C16H27BrO7S/c1-15(2)21-11-10(9-25(18,19)8-6-5-7-17)20-14-13(12(11)22-15)23-16(3,4)24-14/h10-14H,5-9H2,1-4H3/t10-,11+,12+,13-,14-/m1/s1. The molecular weight excluding hydrogens is 416 g/mol.